The highest BCUT2D eigenvalue weighted by Crippen LogP contribution is 2.24. The lowest BCUT2D eigenvalue weighted by Gasteiger charge is -2.04. The molecule has 1 N–H and O–H groups in total. The Hall–Kier alpha value is -2.73. The molecule has 4 rings (SSSR count). The molecule has 2 aromatic heterocycles. The van der Waals surface area contributed by atoms with Gasteiger partial charge in [-0.3, -0.25) is 0 Å². The van der Waals surface area contributed by atoms with E-state index >= 15 is 0 Å². The number of fused-ring (bicyclic) bond motifs is 1. The van der Waals surface area contributed by atoms with Gasteiger partial charge >= 0.3 is 0 Å². The Kier molecular flexibility index (Phi) is 3.51. The van der Waals surface area contributed by atoms with Gasteiger partial charge in [0, 0.05) is 22.6 Å². The molecule has 0 radical (unpaired) electrons. The normalized spacial score (nSPS) is 10.8. The van der Waals surface area contributed by atoms with E-state index in [1.807, 2.05) is 48.5 Å². The van der Waals surface area contributed by atoms with E-state index in [9.17, 15) is 0 Å². The highest BCUT2D eigenvalue weighted by Gasteiger charge is 2.09. The monoisotopic (exact) mass is 366 g/mol. The van der Waals surface area contributed by atoms with E-state index in [1.54, 1.807) is 12.4 Å². The Balaban J connectivity index is 1.58. The van der Waals surface area contributed by atoms with Crippen molar-refractivity contribution in [2.75, 3.05) is 5.32 Å². The number of nitrogens with zero attached hydrogens (tertiary/aromatic N) is 3. The molecule has 0 aliphatic heterocycles. The van der Waals surface area contributed by atoms with Crippen LogP contribution >= 0.6 is 15.9 Å². The lowest BCUT2D eigenvalue weighted by atomic mass is 10.3. The first-order valence-electron chi connectivity index (χ1n) is 6.98. The van der Waals surface area contributed by atoms with E-state index in [0.29, 0.717) is 11.8 Å². The zero-order valence-electron chi connectivity index (χ0n) is 11.9. The second-order valence-electron chi connectivity index (χ2n) is 4.91. The van der Waals surface area contributed by atoms with E-state index in [2.05, 4.69) is 36.2 Å². The van der Waals surface area contributed by atoms with E-state index in [1.165, 1.54) is 0 Å². The van der Waals surface area contributed by atoms with Crippen LogP contribution in [0, 0.1) is 0 Å². The number of hydrogen-bond acceptors (Lipinski definition) is 5. The molecule has 4 aromatic rings. The first-order valence-corrected chi connectivity index (χ1v) is 7.78. The molecule has 23 heavy (non-hydrogen) atoms. The average molecular weight is 367 g/mol. The van der Waals surface area contributed by atoms with Gasteiger partial charge in [-0.1, -0.05) is 28.1 Å². The Morgan fingerprint density at radius 3 is 2.39 bits per heavy atom. The van der Waals surface area contributed by atoms with Gasteiger partial charge in [0.1, 0.15) is 5.52 Å². The molecule has 2 heterocycles. The molecule has 0 fully saturated rings. The van der Waals surface area contributed by atoms with Gasteiger partial charge in [-0.15, -0.1) is 0 Å². The SMILES string of the molecule is Brc1ccc(Nc2ncc(-c3nc4ccccc4o3)cn2)cc1. The van der Waals surface area contributed by atoms with Crippen molar-refractivity contribution in [1.82, 2.24) is 15.0 Å². The minimum absolute atomic E-state index is 0.515. The molecule has 5 nitrogen and oxygen atoms in total. The summed E-state index contributed by atoms with van der Waals surface area (Å²) >= 11 is 3.40. The van der Waals surface area contributed by atoms with Crippen molar-refractivity contribution in [1.29, 1.82) is 0 Å². The van der Waals surface area contributed by atoms with Crippen molar-refractivity contribution < 1.29 is 4.42 Å². The molecule has 2 aromatic carbocycles. The molecule has 0 aliphatic rings. The third-order valence-corrected chi connectivity index (χ3v) is 3.82. The Morgan fingerprint density at radius 2 is 1.65 bits per heavy atom. The van der Waals surface area contributed by atoms with Crippen LogP contribution in [0.15, 0.2) is 69.8 Å². The summed E-state index contributed by atoms with van der Waals surface area (Å²) in [7, 11) is 0. The molecular formula is C17H11BrN4O. The maximum Gasteiger partial charge on any atom is 0.230 e. The smallest absolute Gasteiger partial charge is 0.230 e. The molecule has 0 spiro atoms. The first kappa shape index (κ1) is 13.9. The van der Waals surface area contributed by atoms with Crippen LogP contribution < -0.4 is 5.32 Å². The summed E-state index contributed by atoms with van der Waals surface area (Å²) < 4.78 is 6.73. The van der Waals surface area contributed by atoms with Crippen LogP contribution in [-0.4, -0.2) is 15.0 Å². The van der Waals surface area contributed by atoms with Crippen LogP contribution in [0.2, 0.25) is 0 Å². The molecule has 0 atom stereocenters. The highest BCUT2D eigenvalue weighted by molar-refractivity contribution is 9.10. The predicted molar refractivity (Wildman–Crippen MR) is 92.5 cm³/mol. The van der Waals surface area contributed by atoms with E-state index in [4.69, 9.17) is 4.42 Å². The summed E-state index contributed by atoms with van der Waals surface area (Å²) in [5.74, 6) is 1.04. The Labute approximate surface area is 140 Å². The molecule has 0 saturated heterocycles. The van der Waals surface area contributed by atoms with Crippen LogP contribution in [0.25, 0.3) is 22.6 Å². The number of halogens is 1. The fourth-order valence-corrected chi connectivity index (χ4v) is 2.43. The Bertz CT molecular complexity index is 915. The number of nitrogens with one attached hydrogen (secondary N) is 1. The van der Waals surface area contributed by atoms with E-state index in [-0.39, 0.29) is 0 Å². The second-order valence-corrected chi connectivity index (χ2v) is 5.83. The van der Waals surface area contributed by atoms with Gasteiger partial charge in [-0.25, -0.2) is 15.0 Å². The molecule has 0 unspecified atom stereocenters. The van der Waals surface area contributed by atoms with Gasteiger partial charge in [0.2, 0.25) is 11.8 Å². The van der Waals surface area contributed by atoms with Crippen molar-refractivity contribution in [2.24, 2.45) is 0 Å². The minimum Gasteiger partial charge on any atom is -0.436 e. The highest BCUT2D eigenvalue weighted by atomic mass is 79.9. The fraction of sp³-hybridized carbons (Fsp3) is 0. The van der Waals surface area contributed by atoms with Gasteiger partial charge in [0.15, 0.2) is 5.58 Å². The molecular weight excluding hydrogens is 356 g/mol. The number of benzene rings is 2. The largest absolute Gasteiger partial charge is 0.436 e. The third kappa shape index (κ3) is 2.93. The molecule has 112 valence electrons. The third-order valence-electron chi connectivity index (χ3n) is 3.29. The van der Waals surface area contributed by atoms with Crippen LogP contribution in [0.4, 0.5) is 11.6 Å². The summed E-state index contributed by atoms with van der Waals surface area (Å²) in [4.78, 5) is 13.1. The lowest BCUT2D eigenvalue weighted by molar-refractivity contribution is 0.619. The number of para-hydroxylation sites is 2. The van der Waals surface area contributed by atoms with Crippen LogP contribution in [0.3, 0.4) is 0 Å². The van der Waals surface area contributed by atoms with Crippen LogP contribution in [0.5, 0.6) is 0 Å². The fourth-order valence-electron chi connectivity index (χ4n) is 2.16. The van der Waals surface area contributed by atoms with Gasteiger partial charge in [0.25, 0.3) is 0 Å². The van der Waals surface area contributed by atoms with Crippen molar-refractivity contribution in [3.63, 3.8) is 0 Å². The summed E-state index contributed by atoms with van der Waals surface area (Å²) in [5, 5.41) is 3.14. The van der Waals surface area contributed by atoms with Crippen molar-refractivity contribution >= 4 is 38.7 Å². The average Bonchev–Trinajstić information content (AvgIpc) is 3.02. The number of rotatable bonds is 3. The summed E-state index contributed by atoms with van der Waals surface area (Å²) in [6.45, 7) is 0. The zero-order chi connectivity index (χ0) is 15.6. The number of anilines is 2. The Morgan fingerprint density at radius 1 is 0.913 bits per heavy atom. The summed E-state index contributed by atoms with van der Waals surface area (Å²) in [6, 6.07) is 15.4. The number of aromatic nitrogens is 3. The first-order chi connectivity index (χ1) is 11.3. The van der Waals surface area contributed by atoms with E-state index < -0.39 is 0 Å². The summed E-state index contributed by atoms with van der Waals surface area (Å²) in [5.41, 5.74) is 3.23. The molecule has 0 bridgehead atoms. The lowest BCUT2D eigenvalue weighted by Crippen LogP contribution is -1.96. The van der Waals surface area contributed by atoms with Crippen molar-refractivity contribution in [3.8, 4) is 11.5 Å². The molecule has 0 aliphatic carbocycles. The van der Waals surface area contributed by atoms with Gasteiger partial charge in [-0.05, 0) is 36.4 Å². The summed E-state index contributed by atoms with van der Waals surface area (Å²) in [6.07, 6.45) is 3.39. The van der Waals surface area contributed by atoms with Crippen LogP contribution in [-0.2, 0) is 0 Å². The molecule has 6 heteroatoms. The van der Waals surface area contributed by atoms with Gasteiger partial charge in [-0.2, -0.15) is 0 Å². The zero-order valence-corrected chi connectivity index (χ0v) is 13.5. The quantitative estimate of drug-likeness (QED) is 0.564. The second kappa shape index (κ2) is 5.81. The maximum atomic E-state index is 5.71. The van der Waals surface area contributed by atoms with Gasteiger partial charge < -0.3 is 9.73 Å². The van der Waals surface area contributed by atoms with Crippen molar-refractivity contribution in [3.05, 3.63) is 65.4 Å². The molecule has 0 saturated carbocycles. The van der Waals surface area contributed by atoms with Crippen molar-refractivity contribution in [2.45, 2.75) is 0 Å². The standard InChI is InChI=1S/C17H11BrN4O/c18-12-5-7-13(8-6-12)21-17-19-9-11(10-20-17)16-22-14-3-1-2-4-15(14)23-16/h1-10H,(H,19,20,21). The number of hydrogen-bond donors (Lipinski definition) is 1. The topological polar surface area (TPSA) is 63.8 Å². The van der Waals surface area contributed by atoms with Crippen LogP contribution in [0.1, 0.15) is 0 Å². The van der Waals surface area contributed by atoms with Gasteiger partial charge in [0.05, 0.1) is 5.56 Å². The predicted octanol–water partition coefficient (Wildman–Crippen LogP) is 4.79. The van der Waals surface area contributed by atoms with E-state index in [0.717, 1.165) is 26.8 Å². The number of oxazole rings is 1. The maximum absolute atomic E-state index is 5.71. The molecule has 0 amide bonds. The minimum atomic E-state index is 0.515.